The Morgan fingerprint density at radius 2 is 0.792 bits per heavy atom. The van der Waals surface area contributed by atoms with E-state index in [-0.39, 0.29) is 34.7 Å². The molecule has 2 unspecified atom stereocenters. The molecule has 0 fully saturated rings. The fourth-order valence-electron chi connectivity index (χ4n) is 6.57. The Morgan fingerprint density at radius 1 is 0.521 bits per heavy atom. The number of nitrogens with one attached hydrogen (secondary N) is 2. The van der Waals surface area contributed by atoms with E-state index in [1.807, 2.05) is 77.8 Å². The van der Waals surface area contributed by atoms with Gasteiger partial charge in [-0.25, -0.2) is 9.97 Å². The maximum atomic E-state index is 13.2. The van der Waals surface area contributed by atoms with E-state index in [0.717, 1.165) is 45.3 Å². The van der Waals surface area contributed by atoms with Crippen molar-refractivity contribution in [2.24, 2.45) is 21.7 Å². The second-order valence-electron chi connectivity index (χ2n) is 17.4. The van der Waals surface area contributed by atoms with Crippen LogP contribution in [0.2, 0.25) is 0 Å². The zero-order valence-electron chi connectivity index (χ0n) is 31.5. The van der Waals surface area contributed by atoms with Crippen molar-refractivity contribution in [2.45, 2.75) is 95.2 Å². The van der Waals surface area contributed by atoms with Gasteiger partial charge in [0.2, 0.25) is 11.8 Å². The average molecular weight is 653 g/mol. The number of nitrogens with zero attached hydrogens (tertiary/aromatic N) is 4. The molecule has 2 aromatic heterocycles. The van der Waals surface area contributed by atoms with E-state index in [0.29, 0.717) is 0 Å². The number of rotatable bonds is 7. The lowest BCUT2D eigenvalue weighted by Gasteiger charge is -2.39. The van der Waals surface area contributed by atoms with Gasteiger partial charge in [-0.3, -0.25) is 9.59 Å². The minimum absolute atomic E-state index is 0.0815. The monoisotopic (exact) mass is 652 g/mol. The first-order valence-corrected chi connectivity index (χ1v) is 16.9. The molecule has 0 aliphatic rings. The Morgan fingerprint density at radius 3 is 1.04 bits per heavy atom. The molecule has 0 aliphatic heterocycles. The third-order valence-electron chi connectivity index (χ3n) is 8.77. The summed E-state index contributed by atoms with van der Waals surface area (Å²) >= 11 is 0. The first-order valence-electron chi connectivity index (χ1n) is 16.9. The lowest BCUT2D eigenvalue weighted by molar-refractivity contribution is -0.143. The molecule has 0 radical (unpaired) electrons. The van der Waals surface area contributed by atoms with Crippen LogP contribution in [0, 0.1) is 21.7 Å². The smallest absolute Gasteiger partial charge is 0.228 e. The van der Waals surface area contributed by atoms with Gasteiger partial charge in [-0.15, -0.1) is 0 Å². The molecule has 4 aromatic rings. The second kappa shape index (κ2) is 13.0. The van der Waals surface area contributed by atoms with Gasteiger partial charge in [0.15, 0.2) is 0 Å². The molecule has 0 saturated carbocycles. The van der Waals surface area contributed by atoms with E-state index in [1.165, 1.54) is 0 Å². The van der Waals surface area contributed by atoms with Crippen LogP contribution in [-0.4, -0.2) is 55.6 Å². The summed E-state index contributed by atoms with van der Waals surface area (Å²) in [5.41, 5.74) is 4.70. The van der Waals surface area contributed by atoms with Crippen molar-refractivity contribution in [1.82, 2.24) is 29.7 Å². The summed E-state index contributed by atoms with van der Waals surface area (Å²) in [6.45, 7) is 24.5. The largest absolute Gasteiger partial charge is 0.340 e. The first-order chi connectivity index (χ1) is 22.0. The van der Waals surface area contributed by atoms with Crippen molar-refractivity contribution in [3.8, 4) is 33.6 Å². The van der Waals surface area contributed by atoms with Crippen molar-refractivity contribution in [3.05, 3.63) is 72.6 Å². The zero-order valence-corrected chi connectivity index (χ0v) is 31.5. The summed E-state index contributed by atoms with van der Waals surface area (Å²) in [5.74, 6) is 1.72. The topological polar surface area (TPSA) is 98.0 Å². The molecule has 2 aromatic carbocycles. The van der Waals surface area contributed by atoms with Crippen molar-refractivity contribution in [2.75, 3.05) is 14.1 Å². The predicted molar refractivity (Wildman–Crippen MR) is 196 cm³/mol. The lowest BCUT2D eigenvalue weighted by Crippen LogP contribution is -2.44. The molecule has 0 aliphatic carbocycles. The van der Waals surface area contributed by atoms with Crippen molar-refractivity contribution < 1.29 is 9.59 Å². The van der Waals surface area contributed by atoms with Crippen LogP contribution in [-0.2, 0) is 9.59 Å². The first kappa shape index (κ1) is 36.6. The number of aromatic nitrogens is 4. The molecule has 48 heavy (non-hydrogen) atoms. The highest BCUT2D eigenvalue weighted by Gasteiger charge is 2.39. The number of benzene rings is 2. The number of H-pyrrole nitrogens is 2. The van der Waals surface area contributed by atoms with Gasteiger partial charge in [-0.2, -0.15) is 0 Å². The Bertz CT molecular complexity index is 1590. The molecule has 2 amide bonds. The molecule has 0 saturated heterocycles. The molecule has 0 spiro atoms. The standard InChI is InChI=1S/C40H56N6O2/c1-37(2,3)31(45(13)35(47)39(7,8)9)33-41-23-29(43-33)27-19-15-25(16-20-27)26-17-21-28(22-18-26)30-24-42-34(44-30)32(38(4,5)6)46(14)36(48)40(10,11)12/h15-24,31-32H,1-14H3,(H,41,43)(H,42,44). The number of aromatic amines is 2. The Balaban J connectivity index is 1.53. The zero-order chi connectivity index (χ0) is 36.0. The molecule has 2 N–H and O–H groups in total. The third kappa shape index (κ3) is 7.91. The van der Waals surface area contributed by atoms with Gasteiger partial charge in [-0.1, -0.05) is 132 Å². The Labute approximate surface area is 287 Å². The Hall–Kier alpha value is -4.20. The highest BCUT2D eigenvalue weighted by atomic mass is 16.2. The number of amides is 2. The minimum atomic E-state index is -0.483. The fourth-order valence-corrected chi connectivity index (χ4v) is 6.57. The van der Waals surface area contributed by atoms with E-state index in [4.69, 9.17) is 9.97 Å². The van der Waals surface area contributed by atoms with Crippen LogP contribution >= 0.6 is 0 Å². The van der Waals surface area contributed by atoms with Crippen molar-refractivity contribution >= 4 is 11.8 Å². The fraction of sp³-hybridized carbons (Fsp3) is 0.500. The molecule has 0 bridgehead atoms. The van der Waals surface area contributed by atoms with E-state index in [2.05, 4.69) is 100 Å². The quantitative estimate of drug-likeness (QED) is 0.208. The van der Waals surface area contributed by atoms with Gasteiger partial charge in [0.1, 0.15) is 11.6 Å². The number of carbonyl (C=O) groups excluding carboxylic acids is 2. The number of carbonyl (C=O) groups is 2. The van der Waals surface area contributed by atoms with Crippen LogP contribution in [0.3, 0.4) is 0 Å². The summed E-state index contributed by atoms with van der Waals surface area (Å²) < 4.78 is 0. The van der Waals surface area contributed by atoms with Crippen LogP contribution in [0.1, 0.15) is 107 Å². The van der Waals surface area contributed by atoms with Crippen molar-refractivity contribution in [3.63, 3.8) is 0 Å². The summed E-state index contributed by atoms with van der Waals surface area (Å²) in [4.78, 5) is 46.5. The van der Waals surface area contributed by atoms with Gasteiger partial charge in [-0.05, 0) is 33.1 Å². The van der Waals surface area contributed by atoms with E-state index < -0.39 is 10.8 Å². The number of imidazole rings is 2. The number of hydrogen-bond acceptors (Lipinski definition) is 4. The third-order valence-corrected chi connectivity index (χ3v) is 8.77. The van der Waals surface area contributed by atoms with Gasteiger partial charge in [0, 0.05) is 24.9 Å². The van der Waals surface area contributed by atoms with Crippen molar-refractivity contribution in [1.29, 1.82) is 0 Å². The van der Waals surface area contributed by atoms with Crippen LogP contribution in [0.4, 0.5) is 0 Å². The van der Waals surface area contributed by atoms with Crippen LogP contribution in [0.15, 0.2) is 60.9 Å². The van der Waals surface area contributed by atoms with E-state index >= 15 is 0 Å². The molecule has 2 heterocycles. The minimum Gasteiger partial charge on any atom is -0.340 e. The molecule has 2 atom stereocenters. The van der Waals surface area contributed by atoms with Gasteiger partial charge in [0.25, 0.3) is 0 Å². The molecule has 8 nitrogen and oxygen atoms in total. The highest BCUT2D eigenvalue weighted by Crippen LogP contribution is 2.40. The molecule has 258 valence electrons. The SMILES string of the molecule is CN(C(=O)C(C)(C)C)C(c1ncc(-c2ccc(-c3ccc(-c4cnc(C(N(C)C(=O)C(C)(C)C)C(C)(C)C)[nH]4)cc3)cc2)[nH]1)C(C)(C)C. The lowest BCUT2D eigenvalue weighted by atomic mass is 9.83. The van der Waals surface area contributed by atoms with Crippen LogP contribution in [0.25, 0.3) is 33.6 Å². The molecular weight excluding hydrogens is 596 g/mol. The normalized spacial score (nSPS) is 14.0. The van der Waals surface area contributed by atoms with Gasteiger partial charge < -0.3 is 19.8 Å². The van der Waals surface area contributed by atoms with Gasteiger partial charge in [0.05, 0.1) is 35.9 Å². The molecule has 4 rings (SSSR count). The molecule has 8 heteroatoms. The van der Waals surface area contributed by atoms with E-state index in [1.54, 1.807) is 0 Å². The summed E-state index contributed by atoms with van der Waals surface area (Å²) in [6, 6.07) is 16.5. The predicted octanol–water partition coefficient (Wildman–Crippen LogP) is 9.32. The van der Waals surface area contributed by atoms with Gasteiger partial charge >= 0.3 is 0 Å². The summed E-state index contributed by atoms with van der Waals surface area (Å²) in [6.07, 6.45) is 3.71. The summed E-state index contributed by atoms with van der Waals surface area (Å²) in [7, 11) is 3.74. The maximum absolute atomic E-state index is 13.2. The second-order valence-corrected chi connectivity index (χ2v) is 17.4. The van der Waals surface area contributed by atoms with Crippen LogP contribution in [0.5, 0.6) is 0 Å². The summed E-state index contributed by atoms with van der Waals surface area (Å²) in [5, 5.41) is 0. The van der Waals surface area contributed by atoms with Crippen LogP contribution < -0.4 is 0 Å². The molecular formula is C40H56N6O2. The van der Waals surface area contributed by atoms with E-state index in [9.17, 15) is 9.59 Å². The average Bonchev–Trinajstić information content (AvgIpc) is 3.65. The number of hydrogen-bond donors (Lipinski definition) is 2. The maximum Gasteiger partial charge on any atom is 0.228 e. The Kier molecular flexibility index (Phi) is 9.93. The highest BCUT2D eigenvalue weighted by molar-refractivity contribution is 5.82.